The lowest BCUT2D eigenvalue weighted by molar-refractivity contribution is 0.563. The van der Waals surface area contributed by atoms with E-state index in [0.717, 1.165) is 11.3 Å². The van der Waals surface area contributed by atoms with Crippen molar-refractivity contribution in [2.45, 2.75) is 11.8 Å². The number of sulfonamides is 1. The van der Waals surface area contributed by atoms with E-state index >= 15 is 0 Å². The van der Waals surface area contributed by atoms with Crippen molar-refractivity contribution < 1.29 is 8.42 Å². The molecule has 20 heavy (non-hydrogen) atoms. The Hall–Kier alpha value is -1.18. The van der Waals surface area contributed by atoms with Gasteiger partial charge in [-0.15, -0.1) is 0 Å². The molecule has 7 heteroatoms. The van der Waals surface area contributed by atoms with E-state index in [4.69, 9.17) is 5.73 Å². The number of nitrogen functional groups attached to an aromatic ring is 1. The van der Waals surface area contributed by atoms with Crippen LogP contribution in [0.25, 0.3) is 10.9 Å². The normalized spacial score (nSPS) is 13.7. The second-order valence-electron chi connectivity index (χ2n) is 4.87. The Labute approximate surface area is 123 Å². The van der Waals surface area contributed by atoms with Gasteiger partial charge in [-0.1, -0.05) is 6.92 Å². The summed E-state index contributed by atoms with van der Waals surface area (Å²) in [7, 11) is -3.52. The van der Waals surface area contributed by atoms with Gasteiger partial charge in [-0.05, 0) is 36.1 Å². The van der Waals surface area contributed by atoms with Gasteiger partial charge in [0.15, 0.2) is 0 Å². The Morgan fingerprint density at radius 3 is 2.90 bits per heavy atom. The average Bonchev–Trinajstić information content (AvgIpc) is 2.80. The minimum atomic E-state index is -3.52. The Balaban J connectivity index is 2.25. The van der Waals surface area contributed by atoms with Gasteiger partial charge >= 0.3 is 0 Å². The summed E-state index contributed by atoms with van der Waals surface area (Å²) in [5, 5.41) is 0.620. The van der Waals surface area contributed by atoms with Gasteiger partial charge in [-0.25, -0.2) is 13.1 Å². The number of hydrogen-bond acceptors (Lipinski definition) is 4. The van der Waals surface area contributed by atoms with Gasteiger partial charge in [-0.2, -0.15) is 11.8 Å². The molecule has 1 aromatic carbocycles. The first kappa shape index (κ1) is 15.2. The molecule has 0 spiro atoms. The summed E-state index contributed by atoms with van der Waals surface area (Å²) in [5.74, 6) is 1.21. The van der Waals surface area contributed by atoms with Crippen LogP contribution >= 0.6 is 11.8 Å². The van der Waals surface area contributed by atoms with E-state index in [0.29, 0.717) is 17.6 Å². The summed E-state index contributed by atoms with van der Waals surface area (Å²) in [5.41, 5.74) is 7.03. The van der Waals surface area contributed by atoms with Gasteiger partial charge in [0.25, 0.3) is 0 Å². The van der Waals surface area contributed by atoms with Crippen LogP contribution in [0.1, 0.15) is 6.92 Å². The molecule has 4 N–H and O–H groups in total. The van der Waals surface area contributed by atoms with Gasteiger partial charge in [0, 0.05) is 29.3 Å². The van der Waals surface area contributed by atoms with E-state index in [2.05, 4.69) is 9.71 Å². The lowest BCUT2D eigenvalue weighted by Crippen LogP contribution is -2.29. The zero-order valence-electron chi connectivity index (χ0n) is 11.5. The molecule has 2 rings (SSSR count). The summed E-state index contributed by atoms with van der Waals surface area (Å²) in [6, 6.07) is 5.19. The van der Waals surface area contributed by atoms with Crippen LogP contribution in [-0.4, -0.2) is 32.0 Å². The van der Waals surface area contributed by atoms with Crippen LogP contribution in [0.15, 0.2) is 29.3 Å². The topological polar surface area (TPSA) is 88.0 Å². The first-order valence-corrected chi connectivity index (χ1v) is 9.17. The Bertz CT molecular complexity index is 695. The summed E-state index contributed by atoms with van der Waals surface area (Å²) < 4.78 is 27.4. The molecule has 1 unspecified atom stereocenters. The molecule has 0 aliphatic rings. The van der Waals surface area contributed by atoms with Gasteiger partial charge in [0.05, 0.1) is 0 Å². The van der Waals surface area contributed by atoms with Crippen molar-refractivity contribution in [3.8, 4) is 0 Å². The number of fused-ring (bicyclic) bond motifs is 1. The highest BCUT2D eigenvalue weighted by Gasteiger charge is 2.19. The van der Waals surface area contributed by atoms with Crippen LogP contribution < -0.4 is 10.5 Å². The molecule has 0 saturated heterocycles. The molecule has 0 bridgehead atoms. The number of anilines is 1. The quantitative estimate of drug-likeness (QED) is 0.712. The van der Waals surface area contributed by atoms with E-state index in [9.17, 15) is 8.42 Å². The summed E-state index contributed by atoms with van der Waals surface area (Å²) in [6.45, 7) is 2.45. The zero-order valence-corrected chi connectivity index (χ0v) is 13.1. The standard InChI is InChI=1S/C13H19N3O2S2/c1-9(8-19-2)6-16-20(17,18)13-7-15-12-4-3-10(14)5-11(12)13/h3-5,7,9,15-16H,6,8,14H2,1-2H3. The Morgan fingerprint density at radius 1 is 1.45 bits per heavy atom. The van der Waals surface area contributed by atoms with Crippen LogP contribution in [-0.2, 0) is 10.0 Å². The number of rotatable bonds is 6. The van der Waals surface area contributed by atoms with Crippen molar-refractivity contribution in [3.05, 3.63) is 24.4 Å². The largest absolute Gasteiger partial charge is 0.399 e. The molecule has 0 amide bonds. The van der Waals surface area contributed by atoms with Crippen LogP contribution in [0.3, 0.4) is 0 Å². The summed E-state index contributed by atoms with van der Waals surface area (Å²) in [6.07, 6.45) is 3.51. The molecule has 1 heterocycles. The third-order valence-electron chi connectivity index (χ3n) is 3.03. The second-order valence-corrected chi connectivity index (χ2v) is 7.52. The number of hydrogen-bond donors (Lipinski definition) is 3. The molecule has 0 saturated carbocycles. The van der Waals surface area contributed by atoms with Crippen molar-refractivity contribution >= 4 is 38.4 Å². The first-order chi connectivity index (χ1) is 9.44. The molecule has 0 aliphatic heterocycles. The van der Waals surface area contributed by atoms with E-state index in [1.54, 1.807) is 30.0 Å². The van der Waals surface area contributed by atoms with Crippen molar-refractivity contribution in [2.24, 2.45) is 5.92 Å². The van der Waals surface area contributed by atoms with Crippen molar-refractivity contribution in [2.75, 3.05) is 24.3 Å². The van der Waals surface area contributed by atoms with Gasteiger partial charge in [-0.3, -0.25) is 0 Å². The number of nitrogens with two attached hydrogens (primary N) is 1. The highest BCUT2D eigenvalue weighted by Crippen LogP contribution is 2.24. The fraction of sp³-hybridized carbons (Fsp3) is 0.385. The fourth-order valence-corrected chi connectivity index (χ4v) is 4.03. The molecule has 1 aromatic heterocycles. The zero-order chi connectivity index (χ0) is 14.8. The molecule has 0 fully saturated rings. The third kappa shape index (κ3) is 3.28. The van der Waals surface area contributed by atoms with Gasteiger partial charge in [0.2, 0.25) is 10.0 Å². The van der Waals surface area contributed by atoms with E-state index in [-0.39, 0.29) is 10.8 Å². The van der Waals surface area contributed by atoms with Crippen molar-refractivity contribution in [1.82, 2.24) is 9.71 Å². The first-order valence-electron chi connectivity index (χ1n) is 6.29. The molecule has 110 valence electrons. The Kier molecular flexibility index (Phi) is 4.62. The number of H-pyrrole nitrogens is 1. The maximum Gasteiger partial charge on any atom is 0.242 e. The Morgan fingerprint density at radius 2 is 2.20 bits per heavy atom. The lowest BCUT2D eigenvalue weighted by Gasteiger charge is -2.11. The fourth-order valence-electron chi connectivity index (χ4n) is 2.01. The maximum absolute atomic E-state index is 12.3. The van der Waals surface area contributed by atoms with Gasteiger partial charge in [0.1, 0.15) is 4.90 Å². The van der Waals surface area contributed by atoms with E-state index in [1.807, 2.05) is 13.2 Å². The van der Waals surface area contributed by atoms with E-state index in [1.165, 1.54) is 6.20 Å². The van der Waals surface area contributed by atoms with Crippen LogP contribution in [0, 0.1) is 5.92 Å². The van der Waals surface area contributed by atoms with Crippen molar-refractivity contribution in [1.29, 1.82) is 0 Å². The van der Waals surface area contributed by atoms with Crippen LogP contribution in [0.4, 0.5) is 5.69 Å². The van der Waals surface area contributed by atoms with Gasteiger partial charge < -0.3 is 10.7 Å². The predicted octanol–water partition coefficient (Wildman–Crippen LogP) is 2.03. The number of benzene rings is 1. The smallest absolute Gasteiger partial charge is 0.242 e. The monoisotopic (exact) mass is 313 g/mol. The summed E-state index contributed by atoms with van der Waals surface area (Å²) in [4.78, 5) is 3.20. The number of aromatic amines is 1. The molecule has 5 nitrogen and oxygen atoms in total. The maximum atomic E-state index is 12.3. The molecule has 0 aliphatic carbocycles. The molecule has 2 aromatic rings. The molecule has 0 radical (unpaired) electrons. The highest BCUT2D eigenvalue weighted by atomic mass is 32.2. The minimum absolute atomic E-state index is 0.246. The second kappa shape index (κ2) is 6.07. The highest BCUT2D eigenvalue weighted by molar-refractivity contribution is 7.98. The number of aromatic nitrogens is 1. The molecular weight excluding hydrogens is 294 g/mol. The van der Waals surface area contributed by atoms with Crippen LogP contribution in [0.2, 0.25) is 0 Å². The minimum Gasteiger partial charge on any atom is -0.399 e. The van der Waals surface area contributed by atoms with E-state index < -0.39 is 10.0 Å². The SMILES string of the molecule is CSCC(C)CNS(=O)(=O)c1c[nH]c2ccc(N)cc12. The average molecular weight is 313 g/mol. The number of nitrogens with one attached hydrogen (secondary N) is 2. The molecule has 1 atom stereocenters. The van der Waals surface area contributed by atoms with Crippen LogP contribution in [0.5, 0.6) is 0 Å². The lowest BCUT2D eigenvalue weighted by atomic mass is 10.2. The molecular formula is C13H19N3O2S2. The summed E-state index contributed by atoms with van der Waals surface area (Å²) >= 11 is 1.70. The van der Waals surface area contributed by atoms with Crippen molar-refractivity contribution in [3.63, 3.8) is 0 Å². The predicted molar refractivity (Wildman–Crippen MR) is 85.4 cm³/mol. The number of thioether (sulfide) groups is 1. The third-order valence-corrected chi connectivity index (χ3v) is 5.40.